The second kappa shape index (κ2) is 4.35. The molecule has 0 radical (unpaired) electrons. The van der Waals surface area contributed by atoms with Crippen LogP contribution in [0.25, 0.3) is 0 Å². The van der Waals surface area contributed by atoms with Crippen molar-refractivity contribution in [2.75, 3.05) is 5.75 Å². The standard InChI is InChI=1S/C4H8N2O2S2/c5-4(10)6-2(1-9)3(7)8/h2,9H,1H2,(H,7,8)(H3,5,6,10)/t2-/m0/s1. The Morgan fingerprint density at radius 1 is 1.90 bits per heavy atom. The largest absolute Gasteiger partial charge is 0.480 e. The molecule has 0 unspecified atom stereocenters. The number of carbonyl (C=O) groups is 1. The molecule has 0 aromatic carbocycles. The first-order valence-corrected chi connectivity index (χ1v) is 3.51. The Morgan fingerprint density at radius 3 is 2.50 bits per heavy atom. The van der Waals surface area contributed by atoms with Crippen molar-refractivity contribution >= 4 is 35.9 Å². The summed E-state index contributed by atoms with van der Waals surface area (Å²) < 4.78 is 0. The summed E-state index contributed by atoms with van der Waals surface area (Å²) >= 11 is 8.20. The molecule has 0 heterocycles. The van der Waals surface area contributed by atoms with Gasteiger partial charge in [-0.25, -0.2) is 4.79 Å². The van der Waals surface area contributed by atoms with Crippen LogP contribution in [0.2, 0.25) is 0 Å². The maximum Gasteiger partial charge on any atom is 0.327 e. The van der Waals surface area contributed by atoms with Crippen molar-refractivity contribution in [3.63, 3.8) is 0 Å². The molecule has 10 heavy (non-hydrogen) atoms. The van der Waals surface area contributed by atoms with Gasteiger partial charge in [-0.15, -0.1) is 0 Å². The van der Waals surface area contributed by atoms with Crippen LogP contribution in [0, 0.1) is 0 Å². The van der Waals surface area contributed by atoms with Gasteiger partial charge >= 0.3 is 5.97 Å². The number of nitrogens with one attached hydrogen (secondary N) is 1. The number of carboxylic acids is 1. The second-order valence-electron chi connectivity index (χ2n) is 1.58. The minimum atomic E-state index is -1.01. The highest BCUT2D eigenvalue weighted by Gasteiger charge is 2.14. The van der Waals surface area contributed by atoms with Crippen LogP contribution in [0.1, 0.15) is 0 Å². The lowest BCUT2D eigenvalue weighted by Crippen LogP contribution is -2.44. The van der Waals surface area contributed by atoms with Crippen LogP contribution in [0.3, 0.4) is 0 Å². The summed E-state index contributed by atoms with van der Waals surface area (Å²) in [5.74, 6) is -0.852. The third kappa shape index (κ3) is 3.52. The van der Waals surface area contributed by atoms with Crippen LogP contribution in [-0.4, -0.2) is 28.0 Å². The third-order valence-electron chi connectivity index (χ3n) is 0.797. The van der Waals surface area contributed by atoms with Gasteiger partial charge in [-0.2, -0.15) is 12.6 Å². The molecule has 4 N–H and O–H groups in total. The number of carboxylic acid groups (broad SMARTS) is 1. The predicted molar refractivity (Wildman–Crippen MR) is 45.2 cm³/mol. The van der Waals surface area contributed by atoms with E-state index in [1.54, 1.807) is 0 Å². The molecule has 0 aromatic rings. The van der Waals surface area contributed by atoms with E-state index < -0.39 is 12.0 Å². The van der Waals surface area contributed by atoms with Crippen molar-refractivity contribution < 1.29 is 9.90 Å². The lowest BCUT2D eigenvalue weighted by Gasteiger charge is -2.09. The van der Waals surface area contributed by atoms with Crippen molar-refractivity contribution in [1.82, 2.24) is 5.32 Å². The molecule has 6 heteroatoms. The van der Waals surface area contributed by atoms with E-state index in [1.165, 1.54) is 0 Å². The number of thiol groups is 1. The zero-order valence-corrected chi connectivity index (χ0v) is 6.78. The van der Waals surface area contributed by atoms with Gasteiger partial charge in [0.25, 0.3) is 0 Å². The van der Waals surface area contributed by atoms with Gasteiger partial charge in [0.2, 0.25) is 0 Å². The van der Waals surface area contributed by atoms with Crippen LogP contribution < -0.4 is 11.1 Å². The van der Waals surface area contributed by atoms with Gasteiger partial charge < -0.3 is 16.2 Å². The Morgan fingerprint density at radius 2 is 2.40 bits per heavy atom. The van der Waals surface area contributed by atoms with Gasteiger partial charge in [-0.1, -0.05) is 0 Å². The molecular formula is C4H8N2O2S2. The van der Waals surface area contributed by atoms with E-state index in [1.807, 2.05) is 0 Å². The molecule has 4 nitrogen and oxygen atoms in total. The molecule has 0 spiro atoms. The Bertz CT molecular complexity index is 150. The van der Waals surface area contributed by atoms with Gasteiger partial charge in [-0.05, 0) is 12.2 Å². The van der Waals surface area contributed by atoms with Crippen molar-refractivity contribution in [1.29, 1.82) is 0 Å². The van der Waals surface area contributed by atoms with E-state index in [9.17, 15) is 4.79 Å². The maximum atomic E-state index is 10.2. The number of thiocarbonyl (C=S) groups is 1. The van der Waals surface area contributed by atoms with Gasteiger partial charge in [0.1, 0.15) is 6.04 Å². The van der Waals surface area contributed by atoms with E-state index in [4.69, 9.17) is 10.8 Å². The lowest BCUT2D eigenvalue weighted by atomic mass is 10.3. The fraction of sp³-hybridized carbons (Fsp3) is 0.500. The molecule has 1 atom stereocenters. The average Bonchev–Trinajstić information content (AvgIpc) is 1.81. The molecule has 0 aliphatic rings. The van der Waals surface area contributed by atoms with E-state index in [2.05, 4.69) is 30.2 Å². The lowest BCUT2D eigenvalue weighted by molar-refractivity contribution is -0.138. The molecule has 0 saturated carbocycles. The zero-order valence-electron chi connectivity index (χ0n) is 5.07. The molecule has 58 valence electrons. The SMILES string of the molecule is NC(=S)N[C@@H](CS)C(=O)O. The predicted octanol–water partition coefficient (Wildman–Crippen LogP) is -0.797. The summed E-state index contributed by atoms with van der Waals surface area (Å²) in [6.45, 7) is 0. The first-order valence-electron chi connectivity index (χ1n) is 2.47. The number of rotatable bonds is 3. The summed E-state index contributed by atoms with van der Waals surface area (Å²) in [7, 11) is 0. The smallest absolute Gasteiger partial charge is 0.327 e. The highest BCUT2D eigenvalue weighted by atomic mass is 32.1. The minimum Gasteiger partial charge on any atom is -0.480 e. The van der Waals surface area contributed by atoms with E-state index >= 15 is 0 Å². The van der Waals surface area contributed by atoms with Crippen molar-refractivity contribution in [3.05, 3.63) is 0 Å². The van der Waals surface area contributed by atoms with E-state index in [0.717, 1.165) is 0 Å². The molecule has 0 saturated heterocycles. The first-order chi connectivity index (χ1) is 4.57. The molecule has 0 aliphatic carbocycles. The summed E-state index contributed by atoms with van der Waals surface area (Å²) in [6, 6.07) is -0.791. The molecular weight excluding hydrogens is 172 g/mol. The number of hydrogen-bond acceptors (Lipinski definition) is 3. The summed E-state index contributed by atoms with van der Waals surface area (Å²) in [5.41, 5.74) is 5.03. The molecule has 0 aliphatic heterocycles. The average molecular weight is 180 g/mol. The highest BCUT2D eigenvalue weighted by molar-refractivity contribution is 7.80. The summed E-state index contributed by atoms with van der Waals surface area (Å²) in [5, 5.41) is 10.7. The van der Waals surface area contributed by atoms with Crippen LogP contribution in [-0.2, 0) is 4.79 Å². The van der Waals surface area contributed by atoms with Gasteiger partial charge in [-0.3, -0.25) is 0 Å². The number of aliphatic carboxylic acids is 1. The summed E-state index contributed by atoms with van der Waals surface area (Å²) in [6.07, 6.45) is 0. The first kappa shape index (κ1) is 9.51. The van der Waals surface area contributed by atoms with Gasteiger partial charge in [0.05, 0.1) is 0 Å². The van der Waals surface area contributed by atoms with Crippen molar-refractivity contribution in [3.8, 4) is 0 Å². The maximum absolute atomic E-state index is 10.2. The van der Waals surface area contributed by atoms with E-state index in [-0.39, 0.29) is 10.9 Å². The Kier molecular flexibility index (Phi) is 4.13. The van der Waals surface area contributed by atoms with Crippen molar-refractivity contribution in [2.24, 2.45) is 5.73 Å². The topological polar surface area (TPSA) is 75.3 Å². The van der Waals surface area contributed by atoms with Crippen LogP contribution in [0.15, 0.2) is 0 Å². The zero-order chi connectivity index (χ0) is 8.15. The van der Waals surface area contributed by atoms with Gasteiger partial charge in [0, 0.05) is 5.75 Å². The molecule has 0 amide bonds. The third-order valence-corrected chi connectivity index (χ3v) is 1.28. The highest BCUT2D eigenvalue weighted by Crippen LogP contribution is 1.86. The normalized spacial score (nSPS) is 12.1. The number of hydrogen-bond donors (Lipinski definition) is 4. The van der Waals surface area contributed by atoms with Crippen LogP contribution in [0.4, 0.5) is 0 Å². The quantitative estimate of drug-likeness (QED) is 0.338. The molecule has 0 bridgehead atoms. The fourth-order valence-electron chi connectivity index (χ4n) is 0.357. The molecule has 0 fully saturated rings. The Balaban J connectivity index is 3.83. The fourth-order valence-corrected chi connectivity index (χ4v) is 0.747. The van der Waals surface area contributed by atoms with E-state index in [0.29, 0.717) is 0 Å². The Labute approximate surface area is 69.2 Å². The molecule has 0 rings (SSSR count). The minimum absolute atomic E-state index is 0.0264. The van der Waals surface area contributed by atoms with Gasteiger partial charge in [0.15, 0.2) is 5.11 Å². The van der Waals surface area contributed by atoms with Crippen molar-refractivity contribution in [2.45, 2.75) is 6.04 Å². The number of nitrogens with two attached hydrogens (primary N) is 1. The van der Waals surface area contributed by atoms with Crippen LogP contribution in [0.5, 0.6) is 0 Å². The molecule has 0 aromatic heterocycles. The van der Waals surface area contributed by atoms with Crippen LogP contribution >= 0.6 is 24.8 Å². The Hall–Kier alpha value is -0.490. The summed E-state index contributed by atoms with van der Waals surface area (Å²) in [4.78, 5) is 10.2. The monoisotopic (exact) mass is 180 g/mol. The second-order valence-corrected chi connectivity index (χ2v) is 2.39.